The van der Waals surface area contributed by atoms with Gasteiger partial charge in [-0.2, -0.15) is 0 Å². The van der Waals surface area contributed by atoms with Gasteiger partial charge in [0.2, 0.25) is 0 Å². The number of hydrogen-bond acceptors (Lipinski definition) is 2. The standard InChI is InChI=1S/C11H12N2S/c1-3-4-6-9(2)13-10-7-5-8-12-11(10)14/h3-8,13H,1-2H2,(H,12,14)/b6-4-. The number of hydrogen-bond donors (Lipinski definition) is 2. The Morgan fingerprint density at radius 3 is 3.00 bits per heavy atom. The van der Waals surface area contributed by atoms with Crippen molar-refractivity contribution in [2.24, 2.45) is 0 Å². The molecule has 0 aliphatic heterocycles. The predicted molar refractivity (Wildman–Crippen MR) is 63.7 cm³/mol. The summed E-state index contributed by atoms with van der Waals surface area (Å²) in [5, 5.41) is 3.08. The van der Waals surface area contributed by atoms with Crippen LogP contribution in [0.2, 0.25) is 0 Å². The lowest BCUT2D eigenvalue weighted by Gasteiger charge is -2.04. The molecule has 0 radical (unpaired) electrons. The summed E-state index contributed by atoms with van der Waals surface area (Å²) in [5.41, 5.74) is 1.62. The molecule has 1 heterocycles. The first-order chi connectivity index (χ1) is 6.74. The van der Waals surface area contributed by atoms with E-state index in [1.54, 1.807) is 12.3 Å². The maximum absolute atomic E-state index is 5.08. The van der Waals surface area contributed by atoms with E-state index in [0.29, 0.717) is 4.64 Å². The van der Waals surface area contributed by atoms with E-state index in [1.165, 1.54) is 0 Å². The highest BCUT2D eigenvalue weighted by Crippen LogP contribution is 2.09. The molecule has 1 aromatic rings. The zero-order chi connectivity index (χ0) is 10.4. The quantitative estimate of drug-likeness (QED) is 0.581. The van der Waals surface area contributed by atoms with Crippen molar-refractivity contribution < 1.29 is 0 Å². The number of aromatic nitrogens is 1. The van der Waals surface area contributed by atoms with Crippen molar-refractivity contribution in [1.82, 2.24) is 4.98 Å². The zero-order valence-electron chi connectivity index (χ0n) is 7.79. The van der Waals surface area contributed by atoms with Crippen molar-refractivity contribution >= 4 is 17.9 Å². The lowest BCUT2D eigenvalue weighted by atomic mass is 10.3. The van der Waals surface area contributed by atoms with Gasteiger partial charge in [-0.3, -0.25) is 0 Å². The summed E-state index contributed by atoms with van der Waals surface area (Å²) in [7, 11) is 0. The molecule has 1 aromatic heterocycles. The SMILES string of the molecule is C=C/C=C\C(=C)Nc1ccc[nH]c1=S. The van der Waals surface area contributed by atoms with Gasteiger partial charge in [0, 0.05) is 11.9 Å². The van der Waals surface area contributed by atoms with Gasteiger partial charge < -0.3 is 10.3 Å². The van der Waals surface area contributed by atoms with Crippen LogP contribution >= 0.6 is 12.2 Å². The molecule has 0 bridgehead atoms. The molecule has 0 amide bonds. The van der Waals surface area contributed by atoms with E-state index in [2.05, 4.69) is 23.5 Å². The smallest absolute Gasteiger partial charge is 0.127 e. The van der Waals surface area contributed by atoms with Gasteiger partial charge in [-0.25, -0.2) is 0 Å². The lowest BCUT2D eigenvalue weighted by Crippen LogP contribution is -1.96. The molecule has 3 heteroatoms. The largest absolute Gasteiger partial charge is 0.354 e. The number of nitrogens with one attached hydrogen (secondary N) is 2. The molecule has 0 fully saturated rings. The Morgan fingerprint density at radius 1 is 1.57 bits per heavy atom. The maximum atomic E-state index is 5.08. The third kappa shape index (κ3) is 3.03. The fraction of sp³-hybridized carbons (Fsp3) is 0. The summed E-state index contributed by atoms with van der Waals surface area (Å²) in [4.78, 5) is 2.93. The van der Waals surface area contributed by atoms with Crippen LogP contribution in [0.25, 0.3) is 0 Å². The number of rotatable bonds is 4. The van der Waals surface area contributed by atoms with Crippen LogP contribution in [-0.2, 0) is 0 Å². The van der Waals surface area contributed by atoms with Gasteiger partial charge in [0.25, 0.3) is 0 Å². The molecule has 0 unspecified atom stereocenters. The highest BCUT2D eigenvalue weighted by atomic mass is 32.1. The predicted octanol–water partition coefficient (Wildman–Crippen LogP) is 3.41. The van der Waals surface area contributed by atoms with Crippen LogP contribution in [0.15, 0.2) is 55.4 Å². The van der Waals surface area contributed by atoms with Crippen molar-refractivity contribution in [3.63, 3.8) is 0 Å². The van der Waals surface area contributed by atoms with E-state index in [1.807, 2.05) is 24.3 Å². The topological polar surface area (TPSA) is 27.8 Å². The average molecular weight is 204 g/mol. The molecule has 0 aliphatic carbocycles. The van der Waals surface area contributed by atoms with E-state index in [4.69, 9.17) is 12.2 Å². The van der Waals surface area contributed by atoms with Crippen LogP contribution in [0.3, 0.4) is 0 Å². The fourth-order valence-corrected chi connectivity index (χ4v) is 1.11. The summed E-state index contributed by atoms with van der Waals surface area (Å²) < 4.78 is 0.667. The number of aromatic amines is 1. The second kappa shape index (κ2) is 5.19. The van der Waals surface area contributed by atoms with Gasteiger partial charge in [0.1, 0.15) is 4.64 Å². The van der Waals surface area contributed by atoms with E-state index in [9.17, 15) is 0 Å². The number of pyridine rings is 1. The molecular weight excluding hydrogens is 192 g/mol. The minimum atomic E-state index is 0.667. The first-order valence-corrected chi connectivity index (χ1v) is 4.57. The molecule has 1 rings (SSSR count). The Kier molecular flexibility index (Phi) is 3.88. The fourth-order valence-electron chi connectivity index (χ4n) is 0.919. The Bertz CT molecular complexity index is 415. The van der Waals surface area contributed by atoms with Crippen molar-refractivity contribution in [2.75, 3.05) is 5.32 Å². The van der Waals surface area contributed by atoms with Crippen molar-refractivity contribution in [3.05, 3.63) is 60.1 Å². The number of H-pyrrole nitrogens is 1. The van der Waals surface area contributed by atoms with Gasteiger partial charge in [-0.15, -0.1) is 0 Å². The minimum absolute atomic E-state index is 0.667. The molecule has 0 aliphatic rings. The second-order valence-electron chi connectivity index (χ2n) is 2.66. The Morgan fingerprint density at radius 2 is 2.36 bits per heavy atom. The molecule has 0 saturated carbocycles. The van der Waals surface area contributed by atoms with Gasteiger partial charge in [-0.05, 0) is 18.2 Å². The van der Waals surface area contributed by atoms with Gasteiger partial charge >= 0.3 is 0 Å². The van der Waals surface area contributed by atoms with Crippen LogP contribution in [0.5, 0.6) is 0 Å². The lowest BCUT2D eigenvalue weighted by molar-refractivity contribution is 1.28. The highest BCUT2D eigenvalue weighted by Gasteiger charge is 1.93. The first kappa shape index (κ1) is 10.5. The Balaban J connectivity index is 2.75. The van der Waals surface area contributed by atoms with Gasteiger partial charge in [-0.1, -0.05) is 37.5 Å². The van der Waals surface area contributed by atoms with E-state index >= 15 is 0 Å². The molecule has 2 nitrogen and oxygen atoms in total. The molecule has 0 spiro atoms. The summed E-state index contributed by atoms with van der Waals surface area (Å²) in [6, 6.07) is 3.77. The summed E-state index contributed by atoms with van der Waals surface area (Å²) in [6.07, 6.45) is 7.12. The Hall–Kier alpha value is -1.61. The second-order valence-corrected chi connectivity index (χ2v) is 3.07. The third-order valence-electron chi connectivity index (χ3n) is 1.55. The molecule has 0 aromatic carbocycles. The van der Waals surface area contributed by atoms with Crippen LogP contribution in [0.4, 0.5) is 5.69 Å². The average Bonchev–Trinajstić information content (AvgIpc) is 2.18. The van der Waals surface area contributed by atoms with E-state index < -0.39 is 0 Å². The first-order valence-electron chi connectivity index (χ1n) is 4.17. The third-order valence-corrected chi connectivity index (χ3v) is 1.88. The number of anilines is 1. The maximum Gasteiger partial charge on any atom is 0.127 e. The highest BCUT2D eigenvalue weighted by molar-refractivity contribution is 7.71. The van der Waals surface area contributed by atoms with E-state index in [-0.39, 0.29) is 0 Å². The van der Waals surface area contributed by atoms with Crippen LogP contribution in [0.1, 0.15) is 0 Å². The van der Waals surface area contributed by atoms with Gasteiger partial charge in [0.05, 0.1) is 5.69 Å². The van der Waals surface area contributed by atoms with Crippen LogP contribution < -0.4 is 5.32 Å². The van der Waals surface area contributed by atoms with Crippen molar-refractivity contribution in [2.45, 2.75) is 0 Å². The summed E-state index contributed by atoms with van der Waals surface area (Å²) >= 11 is 5.08. The molecule has 0 saturated heterocycles. The van der Waals surface area contributed by atoms with Gasteiger partial charge in [0.15, 0.2) is 0 Å². The zero-order valence-corrected chi connectivity index (χ0v) is 8.60. The molecular formula is C11H12N2S. The minimum Gasteiger partial charge on any atom is -0.354 e. The molecule has 0 atom stereocenters. The molecule has 2 N–H and O–H groups in total. The van der Waals surface area contributed by atoms with Crippen LogP contribution in [0, 0.1) is 4.64 Å². The molecule has 72 valence electrons. The van der Waals surface area contributed by atoms with Crippen molar-refractivity contribution in [3.8, 4) is 0 Å². The Labute approximate surface area is 88.7 Å². The normalized spacial score (nSPS) is 10.0. The monoisotopic (exact) mass is 204 g/mol. The summed E-state index contributed by atoms with van der Waals surface area (Å²) in [6.45, 7) is 7.40. The molecule has 14 heavy (non-hydrogen) atoms. The summed E-state index contributed by atoms with van der Waals surface area (Å²) in [5.74, 6) is 0. The van der Waals surface area contributed by atoms with Crippen LogP contribution in [-0.4, -0.2) is 4.98 Å². The van der Waals surface area contributed by atoms with E-state index in [0.717, 1.165) is 11.4 Å². The number of allylic oxidation sites excluding steroid dienone is 3. The van der Waals surface area contributed by atoms with Crippen molar-refractivity contribution in [1.29, 1.82) is 0 Å².